The lowest BCUT2D eigenvalue weighted by atomic mass is 9.70. The molecule has 4 rings (SSSR count). The van der Waals surface area contributed by atoms with Crippen molar-refractivity contribution in [1.29, 1.82) is 0 Å². The van der Waals surface area contributed by atoms with E-state index in [-0.39, 0.29) is 0 Å². The molecule has 4 fully saturated rings. The Balaban J connectivity index is 1.67. The van der Waals surface area contributed by atoms with Gasteiger partial charge in [0.25, 0.3) is 0 Å². The van der Waals surface area contributed by atoms with Crippen LogP contribution in [0.5, 0.6) is 0 Å². The molecule has 1 aliphatic heterocycles. The molecule has 96 valence electrons. The summed E-state index contributed by atoms with van der Waals surface area (Å²) in [5.74, 6) is 9.45. The highest BCUT2D eigenvalue weighted by Crippen LogP contribution is 2.69. The molecule has 8 unspecified atom stereocenters. The fourth-order valence-electron chi connectivity index (χ4n) is 6.45. The summed E-state index contributed by atoms with van der Waals surface area (Å²) in [6.45, 7) is 4.90. The molecule has 1 saturated heterocycles. The molecule has 2 bridgehead atoms. The molecule has 1 heteroatoms. The molecule has 3 aliphatic carbocycles. The molecule has 1 heterocycles. The van der Waals surface area contributed by atoms with Gasteiger partial charge in [-0.25, -0.2) is 0 Å². The smallest absolute Gasteiger partial charge is 0.0110 e. The molecule has 0 amide bonds. The van der Waals surface area contributed by atoms with E-state index in [1.165, 1.54) is 18.6 Å². The van der Waals surface area contributed by atoms with Crippen molar-refractivity contribution in [3.63, 3.8) is 0 Å². The standard InChI is InChI=1S/C16H26S/c1-3-9-7-10(4-2)15-13-8-12(14(9)15)11-5-6-17-16(11)13/h9-16H,3-8H2,1-2H3. The summed E-state index contributed by atoms with van der Waals surface area (Å²) in [5, 5.41) is 1.10. The van der Waals surface area contributed by atoms with Crippen molar-refractivity contribution in [2.45, 2.75) is 51.2 Å². The van der Waals surface area contributed by atoms with Gasteiger partial charge in [-0.05, 0) is 66.4 Å². The van der Waals surface area contributed by atoms with Crippen LogP contribution in [0.1, 0.15) is 46.0 Å². The molecule has 0 aromatic carbocycles. The van der Waals surface area contributed by atoms with E-state index in [0.29, 0.717) is 0 Å². The average Bonchev–Trinajstić information content (AvgIpc) is 3.05. The maximum absolute atomic E-state index is 2.45. The van der Waals surface area contributed by atoms with Gasteiger partial charge in [-0.3, -0.25) is 0 Å². The molecule has 3 saturated carbocycles. The van der Waals surface area contributed by atoms with Crippen LogP contribution in [0.4, 0.5) is 0 Å². The van der Waals surface area contributed by atoms with Gasteiger partial charge in [0.05, 0.1) is 0 Å². The SMILES string of the molecule is CCC1CC(CC)C2C3CC(C4CCSC43)C12. The number of hydrogen-bond donors (Lipinski definition) is 0. The van der Waals surface area contributed by atoms with Crippen molar-refractivity contribution in [2.75, 3.05) is 5.75 Å². The molecule has 0 spiro atoms. The monoisotopic (exact) mass is 250 g/mol. The minimum absolute atomic E-state index is 1.10. The topological polar surface area (TPSA) is 0 Å². The highest BCUT2D eigenvalue weighted by atomic mass is 32.2. The lowest BCUT2D eigenvalue weighted by Gasteiger charge is -2.37. The van der Waals surface area contributed by atoms with Gasteiger partial charge in [-0.2, -0.15) is 11.8 Å². The quantitative estimate of drug-likeness (QED) is 0.698. The third-order valence-electron chi connectivity index (χ3n) is 6.88. The maximum atomic E-state index is 2.45. The molecule has 0 radical (unpaired) electrons. The Morgan fingerprint density at radius 2 is 1.59 bits per heavy atom. The molecule has 4 aliphatic rings. The van der Waals surface area contributed by atoms with Gasteiger partial charge in [-0.15, -0.1) is 0 Å². The number of thioether (sulfide) groups is 1. The van der Waals surface area contributed by atoms with Crippen molar-refractivity contribution in [1.82, 2.24) is 0 Å². The van der Waals surface area contributed by atoms with Crippen LogP contribution >= 0.6 is 11.8 Å². The summed E-state index contributed by atoms with van der Waals surface area (Å²) >= 11 is 2.35. The molecule has 0 aromatic rings. The van der Waals surface area contributed by atoms with E-state index >= 15 is 0 Å². The Bertz CT molecular complexity index is 285. The van der Waals surface area contributed by atoms with E-state index in [2.05, 4.69) is 25.6 Å². The van der Waals surface area contributed by atoms with Crippen LogP contribution in [0.25, 0.3) is 0 Å². The van der Waals surface area contributed by atoms with Crippen molar-refractivity contribution in [2.24, 2.45) is 41.4 Å². The largest absolute Gasteiger partial charge is 0.158 e. The van der Waals surface area contributed by atoms with Crippen molar-refractivity contribution >= 4 is 11.8 Å². The zero-order valence-electron chi connectivity index (χ0n) is 11.3. The van der Waals surface area contributed by atoms with Gasteiger partial charge < -0.3 is 0 Å². The van der Waals surface area contributed by atoms with Crippen molar-refractivity contribution < 1.29 is 0 Å². The van der Waals surface area contributed by atoms with Gasteiger partial charge in [-0.1, -0.05) is 26.7 Å². The minimum atomic E-state index is 1.10. The zero-order valence-corrected chi connectivity index (χ0v) is 12.1. The molecule has 0 nitrogen and oxygen atoms in total. The minimum Gasteiger partial charge on any atom is -0.158 e. The summed E-state index contributed by atoms with van der Waals surface area (Å²) in [4.78, 5) is 0. The summed E-state index contributed by atoms with van der Waals surface area (Å²) in [6.07, 6.45) is 7.70. The first-order chi connectivity index (χ1) is 8.35. The Morgan fingerprint density at radius 1 is 0.882 bits per heavy atom. The highest BCUT2D eigenvalue weighted by Gasteiger charge is 2.64. The number of fused-ring (bicyclic) bond motifs is 8. The van der Waals surface area contributed by atoms with Crippen molar-refractivity contribution in [3.05, 3.63) is 0 Å². The second-order valence-electron chi connectivity index (χ2n) is 7.08. The van der Waals surface area contributed by atoms with E-state index in [4.69, 9.17) is 0 Å². The van der Waals surface area contributed by atoms with Gasteiger partial charge >= 0.3 is 0 Å². The van der Waals surface area contributed by atoms with Crippen LogP contribution in [0.3, 0.4) is 0 Å². The number of rotatable bonds is 2. The molecule has 17 heavy (non-hydrogen) atoms. The lowest BCUT2D eigenvalue weighted by molar-refractivity contribution is 0.143. The van der Waals surface area contributed by atoms with Crippen LogP contribution in [0.2, 0.25) is 0 Å². The highest BCUT2D eigenvalue weighted by molar-refractivity contribution is 8.00. The summed E-state index contributed by atoms with van der Waals surface area (Å²) < 4.78 is 0. The van der Waals surface area contributed by atoms with Crippen molar-refractivity contribution in [3.8, 4) is 0 Å². The van der Waals surface area contributed by atoms with Gasteiger partial charge in [0.2, 0.25) is 0 Å². The van der Waals surface area contributed by atoms with Gasteiger partial charge in [0.15, 0.2) is 0 Å². The molecule has 0 aromatic heterocycles. The molecular weight excluding hydrogens is 224 g/mol. The van der Waals surface area contributed by atoms with Gasteiger partial charge in [0.1, 0.15) is 0 Å². The van der Waals surface area contributed by atoms with E-state index < -0.39 is 0 Å². The first-order valence-electron chi connectivity index (χ1n) is 7.96. The first kappa shape index (κ1) is 11.2. The van der Waals surface area contributed by atoms with Crippen LogP contribution in [0.15, 0.2) is 0 Å². The van der Waals surface area contributed by atoms with E-state index in [9.17, 15) is 0 Å². The predicted molar refractivity (Wildman–Crippen MR) is 75.1 cm³/mol. The van der Waals surface area contributed by atoms with E-state index in [1.54, 1.807) is 19.3 Å². The third-order valence-corrected chi connectivity index (χ3v) is 8.43. The lowest BCUT2D eigenvalue weighted by Crippen LogP contribution is -2.35. The Morgan fingerprint density at radius 3 is 2.29 bits per heavy atom. The fraction of sp³-hybridized carbons (Fsp3) is 1.00. The summed E-state index contributed by atoms with van der Waals surface area (Å²) in [6, 6.07) is 0. The van der Waals surface area contributed by atoms with Crippen LogP contribution < -0.4 is 0 Å². The van der Waals surface area contributed by atoms with Crippen LogP contribution in [-0.2, 0) is 0 Å². The second-order valence-corrected chi connectivity index (χ2v) is 8.36. The fourth-order valence-corrected chi connectivity index (χ4v) is 8.25. The second kappa shape index (κ2) is 3.92. The molecular formula is C16H26S. The third kappa shape index (κ3) is 1.33. The van der Waals surface area contributed by atoms with Crippen LogP contribution in [-0.4, -0.2) is 11.0 Å². The molecule has 8 atom stereocenters. The average molecular weight is 250 g/mol. The zero-order chi connectivity index (χ0) is 11.6. The van der Waals surface area contributed by atoms with Gasteiger partial charge in [0, 0.05) is 5.25 Å². The normalized spacial score (nSPS) is 59.6. The van der Waals surface area contributed by atoms with E-state index in [1.807, 2.05) is 0 Å². The molecule has 0 N–H and O–H groups in total. The van der Waals surface area contributed by atoms with E-state index in [0.717, 1.165) is 46.7 Å². The Labute approximate surface area is 110 Å². The Kier molecular flexibility index (Phi) is 2.58. The maximum Gasteiger partial charge on any atom is 0.0110 e. The Hall–Kier alpha value is 0.350. The summed E-state index contributed by atoms with van der Waals surface area (Å²) in [7, 11) is 0. The predicted octanol–water partition coefficient (Wildman–Crippen LogP) is 4.45. The first-order valence-corrected chi connectivity index (χ1v) is 9.01. The number of hydrogen-bond acceptors (Lipinski definition) is 1. The summed E-state index contributed by atoms with van der Waals surface area (Å²) in [5.41, 5.74) is 0. The van der Waals surface area contributed by atoms with Crippen LogP contribution in [0, 0.1) is 41.4 Å².